The topological polar surface area (TPSA) is 56.5 Å². The molecule has 4 heteroatoms. The van der Waals surface area contributed by atoms with Crippen molar-refractivity contribution in [3.63, 3.8) is 0 Å². The van der Waals surface area contributed by atoms with Crippen molar-refractivity contribution < 1.29 is 9.47 Å². The fourth-order valence-corrected chi connectivity index (χ4v) is 2.80. The summed E-state index contributed by atoms with van der Waals surface area (Å²) in [5.74, 6) is 1.55. The Morgan fingerprint density at radius 3 is 2.55 bits per heavy atom. The zero-order valence-corrected chi connectivity index (χ0v) is 12.8. The molecule has 0 heterocycles. The zero-order valence-electron chi connectivity index (χ0n) is 12.8. The molecule has 1 fully saturated rings. The lowest BCUT2D eigenvalue weighted by molar-refractivity contribution is 0.201. The van der Waals surface area contributed by atoms with Gasteiger partial charge in [-0.3, -0.25) is 0 Å². The van der Waals surface area contributed by atoms with Gasteiger partial charge in [-0.15, -0.1) is 0 Å². The molecule has 0 aromatic heterocycles. The molecule has 3 N–H and O–H groups in total. The summed E-state index contributed by atoms with van der Waals surface area (Å²) in [4.78, 5) is 0. The van der Waals surface area contributed by atoms with Crippen LogP contribution in [0.2, 0.25) is 0 Å². The predicted molar refractivity (Wildman–Crippen MR) is 90.0 cm³/mol. The Balaban J connectivity index is 1.81. The number of methoxy groups -OCH3 is 1. The number of anilines is 3. The maximum Gasteiger partial charge on any atom is 0.163 e. The third-order valence-corrected chi connectivity index (χ3v) is 4.00. The largest absolute Gasteiger partial charge is 0.493 e. The van der Waals surface area contributed by atoms with E-state index in [2.05, 4.69) is 5.32 Å². The molecule has 1 aliphatic rings. The van der Waals surface area contributed by atoms with Crippen LogP contribution in [0.1, 0.15) is 25.7 Å². The number of benzene rings is 2. The Morgan fingerprint density at radius 1 is 1.05 bits per heavy atom. The lowest BCUT2D eigenvalue weighted by atomic mass is 10.2. The van der Waals surface area contributed by atoms with Crippen LogP contribution in [0, 0.1) is 0 Å². The molecule has 116 valence electrons. The highest BCUT2D eigenvalue weighted by Crippen LogP contribution is 2.35. The maximum atomic E-state index is 6.11. The highest BCUT2D eigenvalue weighted by Gasteiger charge is 2.18. The van der Waals surface area contributed by atoms with Crippen molar-refractivity contribution >= 4 is 17.1 Å². The number of ether oxygens (including phenoxy) is 2. The van der Waals surface area contributed by atoms with Crippen molar-refractivity contribution in [3.05, 3.63) is 42.5 Å². The number of nitrogens with one attached hydrogen (secondary N) is 1. The van der Waals surface area contributed by atoms with Crippen LogP contribution in [0.15, 0.2) is 42.5 Å². The Hall–Kier alpha value is -2.36. The Kier molecular flexibility index (Phi) is 4.37. The first-order valence-corrected chi connectivity index (χ1v) is 7.72. The Labute approximate surface area is 131 Å². The number of hydrogen-bond donors (Lipinski definition) is 2. The minimum absolute atomic E-state index is 0.297. The van der Waals surface area contributed by atoms with Gasteiger partial charge >= 0.3 is 0 Å². The summed E-state index contributed by atoms with van der Waals surface area (Å²) < 4.78 is 11.5. The molecule has 0 unspecified atom stereocenters. The number of nitrogen functional groups attached to an aromatic ring is 1. The van der Waals surface area contributed by atoms with Crippen LogP contribution in [0.5, 0.6) is 11.5 Å². The van der Waals surface area contributed by atoms with Gasteiger partial charge in [0, 0.05) is 11.8 Å². The molecule has 0 atom stereocenters. The van der Waals surface area contributed by atoms with E-state index in [1.165, 1.54) is 12.8 Å². The fraction of sp³-hybridized carbons (Fsp3) is 0.333. The maximum absolute atomic E-state index is 6.11. The first-order valence-electron chi connectivity index (χ1n) is 7.72. The molecule has 3 rings (SSSR count). The normalized spacial score (nSPS) is 14.8. The first-order chi connectivity index (χ1) is 10.8. The number of para-hydroxylation sites is 2. The molecule has 1 saturated carbocycles. The van der Waals surface area contributed by atoms with Gasteiger partial charge in [-0.2, -0.15) is 0 Å². The van der Waals surface area contributed by atoms with Gasteiger partial charge in [-0.05, 0) is 49.9 Å². The van der Waals surface area contributed by atoms with Crippen LogP contribution in [-0.4, -0.2) is 13.2 Å². The molecule has 4 nitrogen and oxygen atoms in total. The molecule has 0 radical (unpaired) electrons. The van der Waals surface area contributed by atoms with E-state index in [4.69, 9.17) is 15.2 Å². The summed E-state index contributed by atoms with van der Waals surface area (Å²) in [6.45, 7) is 0. The molecule has 2 aromatic carbocycles. The number of rotatable bonds is 5. The highest BCUT2D eigenvalue weighted by molar-refractivity contribution is 5.73. The standard InChI is InChI=1S/C18H22N2O2/c1-21-17-11-10-13(20-16-9-5-4-8-15(16)19)12-18(17)22-14-6-2-3-7-14/h4-5,8-12,14,20H,2-3,6-7,19H2,1H3. The Bertz CT molecular complexity index is 637. The molecule has 0 spiro atoms. The fourth-order valence-electron chi connectivity index (χ4n) is 2.80. The van der Waals surface area contributed by atoms with Crippen molar-refractivity contribution in [3.8, 4) is 11.5 Å². The monoisotopic (exact) mass is 298 g/mol. The molecule has 0 amide bonds. The van der Waals surface area contributed by atoms with Crippen molar-refractivity contribution in [1.82, 2.24) is 0 Å². The zero-order chi connectivity index (χ0) is 15.4. The van der Waals surface area contributed by atoms with Gasteiger partial charge in [0.1, 0.15) is 0 Å². The van der Waals surface area contributed by atoms with Gasteiger partial charge in [0.2, 0.25) is 0 Å². The van der Waals surface area contributed by atoms with E-state index in [-0.39, 0.29) is 0 Å². The molecule has 1 aliphatic carbocycles. The van der Waals surface area contributed by atoms with Gasteiger partial charge in [-0.25, -0.2) is 0 Å². The summed E-state index contributed by atoms with van der Waals surface area (Å²) in [7, 11) is 1.67. The van der Waals surface area contributed by atoms with Crippen molar-refractivity contribution in [1.29, 1.82) is 0 Å². The SMILES string of the molecule is COc1ccc(Nc2ccccc2N)cc1OC1CCCC1. The van der Waals surface area contributed by atoms with Gasteiger partial charge < -0.3 is 20.5 Å². The van der Waals surface area contributed by atoms with E-state index in [9.17, 15) is 0 Å². The van der Waals surface area contributed by atoms with Crippen LogP contribution in [0.25, 0.3) is 0 Å². The van der Waals surface area contributed by atoms with Crippen LogP contribution in [0.3, 0.4) is 0 Å². The molecule has 0 bridgehead atoms. The van der Waals surface area contributed by atoms with E-state index in [0.29, 0.717) is 6.10 Å². The quantitative estimate of drug-likeness (QED) is 0.806. The molecular formula is C18H22N2O2. The summed E-state index contributed by atoms with van der Waals surface area (Å²) >= 11 is 0. The van der Waals surface area contributed by atoms with Crippen LogP contribution < -0.4 is 20.5 Å². The van der Waals surface area contributed by atoms with Crippen LogP contribution in [0.4, 0.5) is 17.1 Å². The van der Waals surface area contributed by atoms with E-state index >= 15 is 0 Å². The average molecular weight is 298 g/mol. The van der Waals surface area contributed by atoms with Crippen LogP contribution >= 0.6 is 0 Å². The summed E-state index contributed by atoms with van der Waals surface area (Å²) in [5.41, 5.74) is 8.52. The van der Waals surface area contributed by atoms with Crippen LogP contribution in [-0.2, 0) is 0 Å². The summed E-state index contributed by atoms with van der Waals surface area (Å²) in [5, 5.41) is 3.33. The second kappa shape index (κ2) is 6.60. The lowest BCUT2D eigenvalue weighted by Crippen LogP contribution is -2.11. The molecular weight excluding hydrogens is 276 g/mol. The van der Waals surface area contributed by atoms with Gasteiger partial charge in [0.05, 0.1) is 24.6 Å². The van der Waals surface area contributed by atoms with Crippen molar-refractivity contribution in [2.24, 2.45) is 0 Å². The second-order valence-corrected chi connectivity index (χ2v) is 5.60. The van der Waals surface area contributed by atoms with Gasteiger partial charge in [-0.1, -0.05) is 12.1 Å². The van der Waals surface area contributed by atoms with Gasteiger partial charge in [0.15, 0.2) is 11.5 Å². The third-order valence-electron chi connectivity index (χ3n) is 4.00. The van der Waals surface area contributed by atoms with E-state index in [0.717, 1.165) is 41.4 Å². The number of hydrogen-bond acceptors (Lipinski definition) is 4. The molecule has 0 saturated heterocycles. The van der Waals surface area contributed by atoms with E-state index < -0.39 is 0 Å². The number of nitrogens with two attached hydrogens (primary N) is 1. The molecule has 22 heavy (non-hydrogen) atoms. The minimum atomic E-state index is 0.297. The average Bonchev–Trinajstić information content (AvgIpc) is 3.03. The second-order valence-electron chi connectivity index (χ2n) is 5.60. The first kappa shape index (κ1) is 14.6. The Morgan fingerprint density at radius 2 is 1.82 bits per heavy atom. The lowest BCUT2D eigenvalue weighted by Gasteiger charge is -2.17. The molecule has 2 aromatic rings. The predicted octanol–water partition coefficient (Wildman–Crippen LogP) is 4.34. The van der Waals surface area contributed by atoms with Crippen molar-refractivity contribution in [2.75, 3.05) is 18.2 Å². The smallest absolute Gasteiger partial charge is 0.163 e. The molecule has 0 aliphatic heterocycles. The van der Waals surface area contributed by atoms with Crippen molar-refractivity contribution in [2.45, 2.75) is 31.8 Å². The highest BCUT2D eigenvalue weighted by atomic mass is 16.5. The van der Waals surface area contributed by atoms with E-state index in [1.54, 1.807) is 7.11 Å². The summed E-state index contributed by atoms with van der Waals surface area (Å²) in [6.07, 6.45) is 5.02. The van der Waals surface area contributed by atoms with E-state index in [1.807, 2.05) is 42.5 Å². The van der Waals surface area contributed by atoms with Gasteiger partial charge in [0.25, 0.3) is 0 Å². The third kappa shape index (κ3) is 3.27. The summed E-state index contributed by atoms with van der Waals surface area (Å²) in [6, 6.07) is 13.6. The minimum Gasteiger partial charge on any atom is -0.493 e.